The lowest BCUT2D eigenvalue weighted by Gasteiger charge is -2.15. The minimum Gasteiger partial charge on any atom is -0.351 e. The molecule has 0 saturated heterocycles. The lowest BCUT2D eigenvalue weighted by molar-refractivity contribution is -0.122. The molecule has 0 aliphatic heterocycles. The number of nitrogens with one attached hydrogen (secondary N) is 1. The number of benzene rings is 1. The molecule has 1 unspecified atom stereocenters. The number of hydrogen-bond donors (Lipinski definition) is 1. The molecule has 0 spiro atoms. The summed E-state index contributed by atoms with van der Waals surface area (Å²) in [6.07, 6.45) is 4.60. The molecular weight excluding hydrogens is 291 g/mol. The Balaban J connectivity index is 1.67. The first-order valence-electron chi connectivity index (χ1n) is 8.16. The van der Waals surface area contributed by atoms with E-state index >= 15 is 0 Å². The van der Waals surface area contributed by atoms with E-state index in [1.807, 2.05) is 43.3 Å². The summed E-state index contributed by atoms with van der Waals surface area (Å²) in [4.78, 5) is 16.3. The van der Waals surface area contributed by atoms with E-state index < -0.39 is 5.95 Å². The lowest BCUT2D eigenvalue weighted by Crippen LogP contribution is -2.29. The van der Waals surface area contributed by atoms with Gasteiger partial charge in [0, 0.05) is 18.3 Å². The van der Waals surface area contributed by atoms with Crippen LogP contribution in [0.2, 0.25) is 0 Å². The molecule has 1 atom stereocenters. The first-order valence-corrected chi connectivity index (χ1v) is 8.16. The van der Waals surface area contributed by atoms with Gasteiger partial charge in [-0.05, 0) is 42.4 Å². The van der Waals surface area contributed by atoms with Crippen molar-refractivity contribution in [2.75, 3.05) is 0 Å². The molecule has 3 nitrogen and oxygen atoms in total. The van der Waals surface area contributed by atoms with Crippen molar-refractivity contribution in [1.29, 1.82) is 0 Å². The summed E-state index contributed by atoms with van der Waals surface area (Å²) in [5, 5.41) is 2.86. The number of halogens is 1. The molecule has 3 rings (SSSR count). The van der Waals surface area contributed by atoms with Crippen molar-refractivity contribution in [2.24, 2.45) is 0 Å². The molecule has 120 valence electrons. The largest absolute Gasteiger partial charge is 0.351 e. The molecule has 1 aromatic heterocycles. The topological polar surface area (TPSA) is 42.0 Å². The van der Waals surface area contributed by atoms with E-state index in [0.29, 0.717) is 17.9 Å². The molecule has 1 amide bonds. The molecule has 1 aliphatic carbocycles. The van der Waals surface area contributed by atoms with Crippen LogP contribution in [0.15, 0.2) is 42.6 Å². The Labute approximate surface area is 135 Å². The molecule has 23 heavy (non-hydrogen) atoms. The molecule has 1 saturated carbocycles. The van der Waals surface area contributed by atoms with E-state index in [2.05, 4.69) is 10.3 Å². The number of rotatable bonds is 6. The summed E-state index contributed by atoms with van der Waals surface area (Å²) in [5.74, 6) is -0.263. The van der Waals surface area contributed by atoms with Crippen molar-refractivity contribution in [2.45, 2.75) is 44.6 Å². The maximum atomic E-state index is 13.8. The van der Waals surface area contributed by atoms with Crippen LogP contribution in [0.3, 0.4) is 0 Å². The summed E-state index contributed by atoms with van der Waals surface area (Å²) in [6, 6.07) is 11.5. The average molecular weight is 312 g/mol. The van der Waals surface area contributed by atoms with Gasteiger partial charge >= 0.3 is 0 Å². The van der Waals surface area contributed by atoms with Crippen LogP contribution in [0.5, 0.6) is 0 Å². The van der Waals surface area contributed by atoms with Gasteiger partial charge in [-0.2, -0.15) is 4.39 Å². The van der Waals surface area contributed by atoms with Crippen LogP contribution in [0.1, 0.15) is 54.7 Å². The number of aromatic nitrogens is 1. The second-order valence-electron chi connectivity index (χ2n) is 6.08. The van der Waals surface area contributed by atoms with E-state index in [4.69, 9.17) is 0 Å². The van der Waals surface area contributed by atoms with Crippen LogP contribution in [0, 0.1) is 5.95 Å². The predicted molar refractivity (Wildman–Crippen MR) is 87.5 cm³/mol. The fourth-order valence-corrected chi connectivity index (χ4v) is 2.84. The van der Waals surface area contributed by atoms with Crippen molar-refractivity contribution in [1.82, 2.24) is 10.3 Å². The van der Waals surface area contributed by atoms with Gasteiger partial charge in [0.2, 0.25) is 11.9 Å². The number of amides is 1. The Kier molecular flexibility index (Phi) is 4.70. The van der Waals surface area contributed by atoms with E-state index in [1.165, 1.54) is 0 Å². The minimum atomic E-state index is -0.498. The van der Waals surface area contributed by atoms with Crippen LogP contribution >= 0.6 is 0 Å². The zero-order valence-corrected chi connectivity index (χ0v) is 13.3. The summed E-state index contributed by atoms with van der Waals surface area (Å²) in [6.45, 7) is 2.16. The molecule has 2 aromatic rings. The van der Waals surface area contributed by atoms with E-state index in [-0.39, 0.29) is 18.4 Å². The van der Waals surface area contributed by atoms with Crippen LogP contribution in [0.25, 0.3) is 0 Å². The number of hydrogen-bond acceptors (Lipinski definition) is 2. The SMILES string of the molecule is CCC(C(=O)NCc1cc(C2CC2)cnc1F)c1ccccc1. The van der Waals surface area contributed by atoms with Crippen LogP contribution in [-0.2, 0) is 11.3 Å². The highest BCUT2D eigenvalue weighted by molar-refractivity contribution is 5.83. The summed E-state index contributed by atoms with van der Waals surface area (Å²) in [7, 11) is 0. The van der Waals surface area contributed by atoms with E-state index in [1.54, 1.807) is 6.20 Å². The Morgan fingerprint density at radius 2 is 2.09 bits per heavy atom. The van der Waals surface area contributed by atoms with Gasteiger partial charge in [-0.1, -0.05) is 37.3 Å². The van der Waals surface area contributed by atoms with Crippen LogP contribution in [-0.4, -0.2) is 10.9 Å². The van der Waals surface area contributed by atoms with Crippen molar-refractivity contribution in [3.05, 3.63) is 65.2 Å². The molecule has 4 heteroatoms. The number of pyridine rings is 1. The zero-order chi connectivity index (χ0) is 16.2. The third-order valence-corrected chi connectivity index (χ3v) is 4.36. The Hall–Kier alpha value is -2.23. The van der Waals surface area contributed by atoms with Crippen molar-refractivity contribution in [3.8, 4) is 0 Å². The Morgan fingerprint density at radius 3 is 2.74 bits per heavy atom. The van der Waals surface area contributed by atoms with Crippen LogP contribution in [0.4, 0.5) is 4.39 Å². The van der Waals surface area contributed by atoms with Gasteiger partial charge in [-0.15, -0.1) is 0 Å². The molecule has 1 aromatic carbocycles. The normalized spacial score (nSPS) is 15.2. The highest BCUT2D eigenvalue weighted by atomic mass is 19.1. The average Bonchev–Trinajstić information content (AvgIpc) is 3.41. The minimum absolute atomic E-state index is 0.0741. The summed E-state index contributed by atoms with van der Waals surface area (Å²) >= 11 is 0. The molecule has 1 N–H and O–H groups in total. The monoisotopic (exact) mass is 312 g/mol. The third-order valence-electron chi connectivity index (χ3n) is 4.36. The fourth-order valence-electron chi connectivity index (χ4n) is 2.84. The smallest absolute Gasteiger partial charge is 0.227 e. The summed E-state index contributed by atoms with van der Waals surface area (Å²) < 4.78 is 13.8. The van der Waals surface area contributed by atoms with E-state index in [9.17, 15) is 9.18 Å². The second-order valence-corrected chi connectivity index (χ2v) is 6.08. The Morgan fingerprint density at radius 1 is 1.35 bits per heavy atom. The lowest BCUT2D eigenvalue weighted by atomic mass is 9.95. The van der Waals surface area contributed by atoms with Gasteiger partial charge in [-0.3, -0.25) is 4.79 Å². The zero-order valence-electron chi connectivity index (χ0n) is 13.3. The molecule has 0 bridgehead atoms. The quantitative estimate of drug-likeness (QED) is 0.822. The second kappa shape index (κ2) is 6.90. The van der Waals surface area contributed by atoms with Gasteiger partial charge in [0.25, 0.3) is 0 Å². The molecule has 1 aliphatic rings. The predicted octanol–water partition coefficient (Wildman–Crippen LogP) is 3.91. The first-order chi connectivity index (χ1) is 11.2. The fraction of sp³-hybridized carbons (Fsp3) is 0.368. The van der Waals surface area contributed by atoms with Gasteiger partial charge in [0.15, 0.2) is 0 Å². The number of carbonyl (C=O) groups is 1. The van der Waals surface area contributed by atoms with Crippen molar-refractivity contribution < 1.29 is 9.18 Å². The van der Waals surface area contributed by atoms with E-state index in [0.717, 1.165) is 24.0 Å². The molecular formula is C19H21FN2O. The molecule has 1 heterocycles. The number of nitrogens with zero attached hydrogens (tertiary/aromatic N) is 1. The van der Waals surface area contributed by atoms with Crippen LogP contribution < -0.4 is 5.32 Å². The highest BCUT2D eigenvalue weighted by Crippen LogP contribution is 2.40. The summed E-state index contributed by atoms with van der Waals surface area (Å²) in [5.41, 5.74) is 2.52. The molecule has 1 fully saturated rings. The van der Waals surface area contributed by atoms with Gasteiger partial charge < -0.3 is 5.32 Å². The highest BCUT2D eigenvalue weighted by Gasteiger charge is 2.25. The maximum Gasteiger partial charge on any atom is 0.227 e. The standard InChI is InChI=1S/C19H21FN2O/c1-2-17(14-6-4-3-5-7-14)19(23)22-12-16-10-15(13-8-9-13)11-21-18(16)20/h3-7,10-11,13,17H,2,8-9,12H2,1H3,(H,22,23). The van der Waals surface area contributed by atoms with Crippen molar-refractivity contribution in [3.63, 3.8) is 0 Å². The Bertz CT molecular complexity index is 683. The van der Waals surface area contributed by atoms with Gasteiger partial charge in [-0.25, -0.2) is 4.98 Å². The molecule has 0 radical (unpaired) electrons. The van der Waals surface area contributed by atoms with Gasteiger partial charge in [0.05, 0.1) is 5.92 Å². The van der Waals surface area contributed by atoms with Crippen molar-refractivity contribution >= 4 is 5.91 Å². The van der Waals surface area contributed by atoms with Gasteiger partial charge in [0.1, 0.15) is 0 Å². The third kappa shape index (κ3) is 3.76. The number of carbonyl (C=O) groups excluding carboxylic acids is 1. The first kappa shape index (κ1) is 15.7. The maximum absolute atomic E-state index is 13.8.